The van der Waals surface area contributed by atoms with Gasteiger partial charge in [-0.05, 0) is 19.3 Å². The number of carboxylic acids is 1. The molecule has 19 heavy (non-hydrogen) atoms. The minimum atomic E-state index is -0.860. The van der Waals surface area contributed by atoms with Crippen molar-refractivity contribution in [3.63, 3.8) is 0 Å². The number of hydrogen-bond donors (Lipinski definition) is 1. The third-order valence-corrected chi connectivity index (χ3v) is 4.70. The Kier molecular flexibility index (Phi) is 3.85. The van der Waals surface area contributed by atoms with Crippen molar-refractivity contribution < 1.29 is 9.90 Å². The highest BCUT2D eigenvalue weighted by atomic mass is 32.1. The van der Waals surface area contributed by atoms with Gasteiger partial charge in [0, 0.05) is 18.0 Å². The number of thiazole rings is 1. The van der Waals surface area contributed by atoms with Gasteiger partial charge >= 0.3 is 5.97 Å². The van der Waals surface area contributed by atoms with E-state index in [1.165, 1.54) is 24.2 Å². The highest BCUT2D eigenvalue weighted by molar-refractivity contribution is 7.17. The van der Waals surface area contributed by atoms with Gasteiger partial charge in [0.15, 0.2) is 5.13 Å². The molecule has 2 rings (SSSR count). The molecule has 1 fully saturated rings. The first kappa shape index (κ1) is 14.3. The van der Waals surface area contributed by atoms with E-state index in [0.717, 1.165) is 18.1 Å². The summed E-state index contributed by atoms with van der Waals surface area (Å²) in [5.74, 6) is -0.860. The van der Waals surface area contributed by atoms with Gasteiger partial charge in [0.25, 0.3) is 0 Å². The fourth-order valence-electron chi connectivity index (χ4n) is 2.60. The summed E-state index contributed by atoms with van der Waals surface area (Å²) >= 11 is 1.33. The molecule has 106 valence electrons. The van der Waals surface area contributed by atoms with Crippen molar-refractivity contribution in [1.29, 1.82) is 0 Å². The predicted octanol–water partition coefficient (Wildman–Crippen LogP) is 3.52. The summed E-state index contributed by atoms with van der Waals surface area (Å²) in [4.78, 5) is 18.7. The van der Waals surface area contributed by atoms with Gasteiger partial charge in [-0.25, -0.2) is 9.78 Å². The minimum Gasteiger partial charge on any atom is -0.477 e. The first-order valence-electron chi connectivity index (χ1n) is 6.85. The molecule has 0 spiro atoms. The smallest absolute Gasteiger partial charge is 0.347 e. The Morgan fingerprint density at radius 2 is 2.21 bits per heavy atom. The molecule has 5 heteroatoms. The second-order valence-corrected chi connectivity index (χ2v) is 7.10. The molecule has 0 radical (unpaired) electrons. The molecule has 1 aliphatic heterocycles. The van der Waals surface area contributed by atoms with Crippen molar-refractivity contribution in [1.82, 2.24) is 4.98 Å². The molecule has 1 saturated heterocycles. The maximum absolute atomic E-state index is 11.4. The third-order valence-electron chi connectivity index (χ3n) is 3.61. The average Bonchev–Trinajstić information content (AvgIpc) is 2.93. The van der Waals surface area contributed by atoms with E-state index >= 15 is 0 Å². The molecule has 0 aromatic carbocycles. The maximum Gasteiger partial charge on any atom is 0.347 e. The summed E-state index contributed by atoms with van der Waals surface area (Å²) in [6.45, 7) is 9.21. The molecule has 0 bridgehead atoms. The van der Waals surface area contributed by atoms with Crippen molar-refractivity contribution in [3.05, 3.63) is 10.6 Å². The third kappa shape index (κ3) is 2.76. The SMILES string of the molecule is CCC1CCCN1c1nc(C(C)(C)C)c(C(=O)O)s1. The number of aromatic nitrogens is 1. The molecule has 0 aliphatic carbocycles. The lowest BCUT2D eigenvalue weighted by Gasteiger charge is -2.23. The molecule has 1 N–H and O–H groups in total. The van der Waals surface area contributed by atoms with Gasteiger partial charge in [-0.1, -0.05) is 39.0 Å². The van der Waals surface area contributed by atoms with E-state index in [1.807, 2.05) is 20.8 Å². The molecular weight excluding hydrogens is 260 g/mol. The van der Waals surface area contributed by atoms with Gasteiger partial charge in [0.2, 0.25) is 0 Å². The second-order valence-electron chi connectivity index (χ2n) is 6.13. The zero-order valence-corrected chi connectivity index (χ0v) is 12.9. The fraction of sp³-hybridized carbons (Fsp3) is 0.714. The minimum absolute atomic E-state index is 0.232. The molecule has 0 saturated carbocycles. The van der Waals surface area contributed by atoms with Crippen molar-refractivity contribution in [2.45, 2.75) is 58.4 Å². The van der Waals surface area contributed by atoms with Crippen molar-refractivity contribution in [2.75, 3.05) is 11.4 Å². The molecule has 1 aliphatic rings. The molecular formula is C14H22N2O2S. The van der Waals surface area contributed by atoms with E-state index in [4.69, 9.17) is 0 Å². The van der Waals surface area contributed by atoms with Crippen LogP contribution < -0.4 is 4.90 Å². The molecule has 0 amide bonds. The number of carboxylic acid groups (broad SMARTS) is 1. The average molecular weight is 282 g/mol. The Bertz CT molecular complexity index is 476. The lowest BCUT2D eigenvalue weighted by molar-refractivity contribution is 0.0699. The zero-order chi connectivity index (χ0) is 14.2. The van der Waals surface area contributed by atoms with Crippen LogP contribution in [0.15, 0.2) is 0 Å². The zero-order valence-electron chi connectivity index (χ0n) is 12.1. The molecule has 1 atom stereocenters. The van der Waals surface area contributed by atoms with E-state index < -0.39 is 5.97 Å². The van der Waals surface area contributed by atoms with E-state index in [2.05, 4.69) is 16.8 Å². The van der Waals surface area contributed by atoms with Gasteiger partial charge in [0.05, 0.1) is 5.69 Å². The first-order chi connectivity index (χ1) is 8.84. The van der Waals surface area contributed by atoms with Crippen LogP contribution in [0, 0.1) is 0 Å². The van der Waals surface area contributed by atoms with Gasteiger partial charge < -0.3 is 10.0 Å². The maximum atomic E-state index is 11.4. The number of carbonyl (C=O) groups is 1. The Morgan fingerprint density at radius 1 is 1.53 bits per heavy atom. The van der Waals surface area contributed by atoms with E-state index in [1.54, 1.807) is 0 Å². The van der Waals surface area contributed by atoms with E-state index in [-0.39, 0.29) is 5.41 Å². The van der Waals surface area contributed by atoms with Crippen molar-refractivity contribution >= 4 is 22.4 Å². The van der Waals surface area contributed by atoms with Crippen LogP contribution in [0.25, 0.3) is 0 Å². The van der Waals surface area contributed by atoms with Crippen molar-refractivity contribution in [2.24, 2.45) is 0 Å². The van der Waals surface area contributed by atoms with E-state index in [0.29, 0.717) is 16.6 Å². The Labute approximate surface area is 118 Å². The quantitative estimate of drug-likeness (QED) is 0.921. The molecule has 1 aromatic rings. The Hall–Kier alpha value is -1.10. The summed E-state index contributed by atoms with van der Waals surface area (Å²) < 4.78 is 0. The molecule has 1 aromatic heterocycles. The van der Waals surface area contributed by atoms with Crippen LogP contribution in [0.1, 0.15) is 62.3 Å². The highest BCUT2D eigenvalue weighted by Gasteiger charge is 2.31. The summed E-state index contributed by atoms with van der Waals surface area (Å²) in [5.41, 5.74) is 0.478. The molecule has 1 unspecified atom stereocenters. The topological polar surface area (TPSA) is 53.4 Å². The van der Waals surface area contributed by atoms with Crippen LogP contribution in [-0.4, -0.2) is 28.6 Å². The Balaban J connectivity index is 2.40. The summed E-state index contributed by atoms with van der Waals surface area (Å²) in [7, 11) is 0. The van der Waals surface area contributed by atoms with Crippen LogP contribution >= 0.6 is 11.3 Å². The van der Waals surface area contributed by atoms with Gasteiger partial charge in [-0.2, -0.15) is 0 Å². The predicted molar refractivity (Wildman–Crippen MR) is 78.4 cm³/mol. The number of anilines is 1. The molecule has 4 nitrogen and oxygen atoms in total. The fourth-order valence-corrected chi connectivity index (χ4v) is 3.81. The van der Waals surface area contributed by atoms with Crippen LogP contribution in [0.2, 0.25) is 0 Å². The lowest BCUT2D eigenvalue weighted by atomic mass is 9.91. The highest BCUT2D eigenvalue weighted by Crippen LogP contribution is 2.37. The second kappa shape index (κ2) is 5.12. The number of aromatic carboxylic acids is 1. The lowest BCUT2D eigenvalue weighted by Crippen LogP contribution is -2.28. The first-order valence-corrected chi connectivity index (χ1v) is 7.67. The summed E-state index contributed by atoms with van der Waals surface area (Å²) in [6, 6.07) is 0.514. The largest absolute Gasteiger partial charge is 0.477 e. The van der Waals surface area contributed by atoms with Crippen LogP contribution in [-0.2, 0) is 5.41 Å². The molecule has 2 heterocycles. The number of rotatable bonds is 3. The van der Waals surface area contributed by atoms with Gasteiger partial charge in [0.1, 0.15) is 4.88 Å². The number of hydrogen-bond acceptors (Lipinski definition) is 4. The number of nitrogens with zero attached hydrogens (tertiary/aromatic N) is 2. The van der Waals surface area contributed by atoms with E-state index in [9.17, 15) is 9.90 Å². The summed E-state index contributed by atoms with van der Waals surface area (Å²) in [5, 5.41) is 10.2. The standard InChI is InChI=1S/C14H22N2O2S/c1-5-9-7-6-8-16(9)13-15-11(14(2,3)4)10(19-13)12(17)18/h9H,5-8H2,1-4H3,(H,17,18). The van der Waals surface area contributed by atoms with Gasteiger partial charge in [-0.3, -0.25) is 0 Å². The van der Waals surface area contributed by atoms with Crippen LogP contribution in [0.3, 0.4) is 0 Å². The van der Waals surface area contributed by atoms with Crippen LogP contribution in [0.4, 0.5) is 5.13 Å². The summed E-state index contributed by atoms with van der Waals surface area (Å²) in [6.07, 6.45) is 3.45. The Morgan fingerprint density at radius 3 is 2.68 bits per heavy atom. The van der Waals surface area contributed by atoms with Crippen molar-refractivity contribution in [3.8, 4) is 0 Å². The van der Waals surface area contributed by atoms with Crippen LogP contribution in [0.5, 0.6) is 0 Å². The monoisotopic (exact) mass is 282 g/mol. The normalized spacial score (nSPS) is 20.0. The van der Waals surface area contributed by atoms with Gasteiger partial charge in [-0.15, -0.1) is 0 Å².